The Morgan fingerprint density at radius 2 is 1.86 bits per heavy atom. The molecule has 1 aliphatic heterocycles. The van der Waals surface area contributed by atoms with Crippen molar-refractivity contribution in [2.75, 3.05) is 13.1 Å². The zero-order valence-electron chi connectivity index (χ0n) is 19.9. The van der Waals surface area contributed by atoms with Crippen LogP contribution in [0.25, 0.3) is 0 Å². The van der Waals surface area contributed by atoms with Gasteiger partial charge in [0.2, 0.25) is 5.78 Å². The van der Waals surface area contributed by atoms with E-state index >= 15 is 0 Å². The summed E-state index contributed by atoms with van der Waals surface area (Å²) in [6.07, 6.45) is 2.16. The van der Waals surface area contributed by atoms with Crippen molar-refractivity contribution < 1.29 is 34.8 Å². The number of amides is 1. The Morgan fingerprint density at radius 3 is 2.50 bits per heavy atom. The van der Waals surface area contributed by atoms with Gasteiger partial charge in [0.1, 0.15) is 22.8 Å². The van der Waals surface area contributed by atoms with E-state index in [2.05, 4.69) is 11.8 Å². The molecule has 1 fully saturated rings. The minimum Gasteiger partial charge on any atom is -0.511 e. The number of hydrogen-bond donors (Lipinski definition) is 5. The zero-order chi connectivity index (χ0) is 26.1. The molecule has 3 atom stereocenters. The molecule has 1 aromatic rings. The summed E-state index contributed by atoms with van der Waals surface area (Å²) >= 11 is 6.77. The summed E-state index contributed by atoms with van der Waals surface area (Å²) < 4.78 is 0. The number of aliphatic hydroxyl groups excluding tert-OH is 2. The third-order valence-electron chi connectivity index (χ3n) is 8.34. The maximum absolute atomic E-state index is 13.6. The lowest BCUT2D eigenvalue weighted by Crippen LogP contribution is -2.57. The molecule has 192 valence electrons. The average Bonchev–Trinajstić information content (AvgIpc) is 2.80. The third-order valence-corrected chi connectivity index (χ3v) is 8.81. The predicted molar refractivity (Wildman–Crippen MR) is 130 cm³/mol. The first-order chi connectivity index (χ1) is 16.9. The molecule has 0 bridgehead atoms. The van der Waals surface area contributed by atoms with Gasteiger partial charge in [-0.2, -0.15) is 0 Å². The standard InChI is InChI=1S/C26H29ClN2O7/c1-11-2-4-29(5-3-11)10-13-8-16(30)19-15(21(13)27)7-12-6-14-9-17(31)20(25(28)35)24(34)26(14,36)23(33)18(12)22(19)32/h8,11-12,14,30-31,33,36H,2-7,9-10H2,1H3,(H2,28,35)/t12?,14-,26-/m0/s1. The molecule has 0 radical (unpaired) electrons. The number of ketones is 2. The topological polar surface area (TPSA) is 161 Å². The van der Waals surface area contributed by atoms with Gasteiger partial charge in [0, 0.05) is 29.5 Å². The Kier molecular flexibility index (Phi) is 5.93. The summed E-state index contributed by atoms with van der Waals surface area (Å²) in [7, 11) is 0. The molecule has 10 heteroatoms. The van der Waals surface area contributed by atoms with E-state index in [0.717, 1.165) is 25.9 Å². The van der Waals surface area contributed by atoms with Crippen molar-refractivity contribution in [3.05, 3.63) is 50.4 Å². The van der Waals surface area contributed by atoms with Gasteiger partial charge < -0.3 is 26.2 Å². The molecular weight excluding hydrogens is 488 g/mol. The van der Waals surface area contributed by atoms with E-state index in [0.29, 0.717) is 28.6 Å². The highest BCUT2D eigenvalue weighted by atomic mass is 35.5. The Bertz CT molecular complexity index is 1260. The Balaban J connectivity index is 1.55. The molecule has 1 amide bonds. The Morgan fingerprint density at radius 1 is 1.19 bits per heavy atom. The molecule has 5 rings (SSSR count). The van der Waals surface area contributed by atoms with Crippen molar-refractivity contribution in [3.63, 3.8) is 0 Å². The lowest BCUT2D eigenvalue weighted by molar-refractivity contribution is -0.144. The molecule has 1 unspecified atom stereocenters. The van der Waals surface area contributed by atoms with Gasteiger partial charge in [-0.05, 0) is 67.8 Å². The van der Waals surface area contributed by atoms with E-state index in [1.807, 2.05) is 0 Å². The average molecular weight is 517 g/mol. The number of carbonyl (C=O) groups is 3. The summed E-state index contributed by atoms with van der Waals surface area (Å²) in [5.74, 6) is -5.80. The lowest BCUT2D eigenvalue weighted by Gasteiger charge is -2.45. The van der Waals surface area contributed by atoms with Crippen LogP contribution in [-0.2, 0) is 22.6 Å². The van der Waals surface area contributed by atoms with E-state index < -0.39 is 52.0 Å². The summed E-state index contributed by atoms with van der Waals surface area (Å²) in [6, 6.07) is 1.47. The van der Waals surface area contributed by atoms with Crippen LogP contribution in [0.3, 0.4) is 0 Å². The van der Waals surface area contributed by atoms with Crippen LogP contribution < -0.4 is 5.73 Å². The van der Waals surface area contributed by atoms with Gasteiger partial charge in [-0.25, -0.2) is 0 Å². The van der Waals surface area contributed by atoms with Gasteiger partial charge in [0.05, 0.1) is 5.56 Å². The number of nitrogens with two attached hydrogens (primary N) is 1. The third kappa shape index (κ3) is 3.55. The minimum absolute atomic E-state index is 0.0624. The highest BCUT2D eigenvalue weighted by Crippen LogP contribution is 2.52. The first-order valence-corrected chi connectivity index (χ1v) is 12.6. The van der Waals surface area contributed by atoms with Crippen LogP contribution in [0.15, 0.2) is 28.7 Å². The zero-order valence-corrected chi connectivity index (χ0v) is 20.6. The lowest BCUT2D eigenvalue weighted by atomic mass is 9.60. The van der Waals surface area contributed by atoms with Crippen LogP contribution in [0.2, 0.25) is 5.02 Å². The molecule has 3 aliphatic carbocycles. The quantitative estimate of drug-likeness (QED) is 0.383. The van der Waals surface area contributed by atoms with Crippen LogP contribution in [-0.4, -0.2) is 61.5 Å². The summed E-state index contributed by atoms with van der Waals surface area (Å²) in [5.41, 5.74) is 2.78. The van der Waals surface area contributed by atoms with Crippen LogP contribution in [0, 0.1) is 17.8 Å². The molecule has 0 aromatic heterocycles. The fraction of sp³-hybridized carbons (Fsp3) is 0.500. The number of aromatic hydroxyl groups is 1. The van der Waals surface area contributed by atoms with E-state index in [1.54, 1.807) is 0 Å². The molecular formula is C26H29ClN2O7. The minimum atomic E-state index is -2.57. The normalized spacial score (nSPS) is 29.2. The van der Waals surface area contributed by atoms with E-state index in [-0.39, 0.29) is 36.1 Å². The first kappa shape index (κ1) is 24.8. The number of Topliss-reactive ketones (excluding diaryl/α,β-unsaturated/α-hetero) is 2. The fourth-order valence-corrected chi connectivity index (χ4v) is 6.58. The molecule has 0 saturated carbocycles. The van der Waals surface area contributed by atoms with Crippen LogP contribution >= 0.6 is 11.6 Å². The summed E-state index contributed by atoms with van der Waals surface area (Å²) in [4.78, 5) is 40.5. The molecule has 6 N–H and O–H groups in total. The number of likely N-dealkylation sites (tertiary alicyclic amines) is 1. The number of phenols is 1. The molecule has 0 spiro atoms. The number of piperidine rings is 1. The highest BCUT2D eigenvalue weighted by molar-refractivity contribution is 6.33. The fourth-order valence-electron chi connectivity index (χ4n) is 6.30. The van der Waals surface area contributed by atoms with Crippen molar-refractivity contribution in [1.82, 2.24) is 4.90 Å². The number of allylic oxidation sites excluding steroid dienone is 2. The van der Waals surface area contributed by atoms with Crippen LogP contribution in [0.4, 0.5) is 0 Å². The van der Waals surface area contributed by atoms with Gasteiger partial charge in [-0.15, -0.1) is 0 Å². The van der Waals surface area contributed by atoms with E-state index in [1.165, 1.54) is 6.07 Å². The number of carbonyl (C=O) groups excluding carboxylic acids is 3. The predicted octanol–water partition coefficient (Wildman–Crippen LogP) is 2.47. The first-order valence-electron chi connectivity index (χ1n) is 12.2. The number of hydrogen-bond acceptors (Lipinski definition) is 8. The highest BCUT2D eigenvalue weighted by Gasteiger charge is 2.59. The number of aliphatic hydroxyl groups is 3. The van der Waals surface area contributed by atoms with Gasteiger partial charge in [0.25, 0.3) is 5.91 Å². The van der Waals surface area contributed by atoms with Crippen molar-refractivity contribution >= 4 is 29.1 Å². The number of nitrogens with zero attached hydrogens (tertiary/aromatic N) is 1. The SMILES string of the molecule is CC1CCN(Cc2cc(O)c3c(c2Cl)CC2C[C@H]4CC(O)=C(C(N)=O)C(=O)[C@@]4(O)C(O)=C2C3=O)CC1. The Labute approximate surface area is 212 Å². The molecule has 1 heterocycles. The second-order valence-electron chi connectivity index (χ2n) is 10.6. The van der Waals surface area contributed by atoms with Crippen molar-refractivity contribution in [1.29, 1.82) is 0 Å². The number of fused-ring (bicyclic) bond motifs is 3. The molecule has 36 heavy (non-hydrogen) atoms. The van der Waals surface area contributed by atoms with Gasteiger partial charge in [0.15, 0.2) is 11.4 Å². The van der Waals surface area contributed by atoms with E-state index in [9.17, 15) is 34.8 Å². The summed E-state index contributed by atoms with van der Waals surface area (Å²) in [6.45, 7) is 4.58. The van der Waals surface area contributed by atoms with Crippen LogP contribution in [0.5, 0.6) is 5.75 Å². The largest absolute Gasteiger partial charge is 0.511 e. The number of primary amides is 1. The smallest absolute Gasteiger partial charge is 0.255 e. The molecule has 4 aliphatic rings. The maximum Gasteiger partial charge on any atom is 0.255 e. The molecule has 1 aromatic carbocycles. The van der Waals surface area contributed by atoms with Crippen molar-refractivity contribution in [2.24, 2.45) is 23.5 Å². The number of benzene rings is 1. The monoisotopic (exact) mass is 516 g/mol. The molecule has 1 saturated heterocycles. The molecule has 9 nitrogen and oxygen atoms in total. The van der Waals surface area contributed by atoms with Gasteiger partial charge in [-0.3, -0.25) is 19.3 Å². The number of rotatable bonds is 3. The van der Waals surface area contributed by atoms with E-state index in [4.69, 9.17) is 17.3 Å². The van der Waals surface area contributed by atoms with Crippen LogP contribution in [0.1, 0.15) is 54.1 Å². The summed E-state index contributed by atoms with van der Waals surface area (Å²) in [5, 5.41) is 43.9. The van der Waals surface area contributed by atoms with Gasteiger partial charge >= 0.3 is 0 Å². The van der Waals surface area contributed by atoms with Crippen molar-refractivity contribution in [2.45, 2.75) is 51.2 Å². The Hall–Kier alpha value is -2.88. The number of halogens is 1. The number of phenolic OH excluding ortho intramolecular Hbond substituents is 1. The van der Waals surface area contributed by atoms with Gasteiger partial charge in [-0.1, -0.05) is 18.5 Å². The second-order valence-corrected chi connectivity index (χ2v) is 11.0. The van der Waals surface area contributed by atoms with Crippen molar-refractivity contribution in [3.8, 4) is 5.75 Å². The maximum atomic E-state index is 13.6. The second kappa shape index (κ2) is 8.61.